The van der Waals surface area contributed by atoms with Gasteiger partial charge in [-0.25, -0.2) is 24.5 Å². The standard InChI is InChI=1S/C25H28N6O5/c1-14-11-27-21(28-12-14)19-7-4-15(2)31(19)20(32)13-30-22(33)25(36-24(30)35)9-8-16-10-17(5-6-18(16)25)29-23(34)26-3/h5-6,10-12,15,19H,4,7-9,13H2,1-3H3,(H2,26,29,34)/t15?,19?,25-/m1/s1. The maximum absolute atomic E-state index is 13.5. The summed E-state index contributed by atoms with van der Waals surface area (Å²) in [7, 11) is 1.52. The maximum atomic E-state index is 13.5. The summed E-state index contributed by atoms with van der Waals surface area (Å²) in [4.78, 5) is 62.8. The number of amides is 5. The molecule has 1 spiro atoms. The van der Waals surface area contributed by atoms with Gasteiger partial charge in [0.25, 0.3) is 5.91 Å². The Bertz CT molecular complexity index is 1250. The van der Waals surface area contributed by atoms with E-state index in [1.807, 2.05) is 13.8 Å². The van der Waals surface area contributed by atoms with E-state index in [9.17, 15) is 19.2 Å². The summed E-state index contributed by atoms with van der Waals surface area (Å²) in [6, 6.07) is 4.38. The van der Waals surface area contributed by atoms with Crippen molar-refractivity contribution in [1.29, 1.82) is 0 Å². The van der Waals surface area contributed by atoms with Crippen molar-refractivity contribution < 1.29 is 23.9 Å². The van der Waals surface area contributed by atoms with Gasteiger partial charge >= 0.3 is 12.1 Å². The van der Waals surface area contributed by atoms with Crippen LogP contribution in [0.2, 0.25) is 0 Å². The van der Waals surface area contributed by atoms with Gasteiger partial charge < -0.3 is 20.3 Å². The molecule has 5 rings (SSSR count). The van der Waals surface area contributed by atoms with Crippen LogP contribution in [0.3, 0.4) is 0 Å². The lowest BCUT2D eigenvalue weighted by Gasteiger charge is -2.29. The number of anilines is 1. The molecule has 36 heavy (non-hydrogen) atoms. The maximum Gasteiger partial charge on any atom is 0.418 e. The van der Waals surface area contributed by atoms with Crippen LogP contribution in [0.1, 0.15) is 54.7 Å². The molecule has 11 nitrogen and oxygen atoms in total. The van der Waals surface area contributed by atoms with E-state index < -0.39 is 24.1 Å². The van der Waals surface area contributed by atoms with Crippen molar-refractivity contribution in [1.82, 2.24) is 25.1 Å². The van der Waals surface area contributed by atoms with Crippen molar-refractivity contribution in [2.24, 2.45) is 0 Å². The molecule has 1 aliphatic carbocycles. The Hall–Kier alpha value is -4.02. The minimum absolute atomic E-state index is 0.0754. The number of urea groups is 1. The minimum atomic E-state index is -1.45. The second-order valence-electron chi connectivity index (χ2n) is 9.52. The number of fused-ring (bicyclic) bond motifs is 2. The molecule has 2 fully saturated rings. The fraction of sp³-hybridized carbons (Fsp3) is 0.440. The van der Waals surface area contributed by atoms with Crippen LogP contribution < -0.4 is 10.6 Å². The van der Waals surface area contributed by atoms with E-state index in [1.165, 1.54) is 7.05 Å². The van der Waals surface area contributed by atoms with E-state index in [0.717, 1.165) is 22.4 Å². The Balaban J connectivity index is 1.35. The predicted octanol–water partition coefficient (Wildman–Crippen LogP) is 2.41. The molecule has 2 N–H and O–H groups in total. The van der Waals surface area contributed by atoms with Gasteiger partial charge in [-0.15, -0.1) is 0 Å². The summed E-state index contributed by atoms with van der Waals surface area (Å²) < 4.78 is 5.66. The van der Waals surface area contributed by atoms with Gasteiger partial charge in [0.1, 0.15) is 6.54 Å². The van der Waals surface area contributed by atoms with Crippen molar-refractivity contribution in [3.63, 3.8) is 0 Å². The molecular weight excluding hydrogens is 464 g/mol. The number of aryl methyl sites for hydroxylation is 2. The molecule has 1 aromatic carbocycles. The average molecular weight is 493 g/mol. The first-order valence-electron chi connectivity index (χ1n) is 12.0. The molecule has 188 valence electrons. The summed E-state index contributed by atoms with van der Waals surface area (Å²) >= 11 is 0. The molecule has 2 aromatic rings. The molecule has 0 bridgehead atoms. The third kappa shape index (κ3) is 3.84. The number of rotatable bonds is 4. The van der Waals surface area contributed by atoms with Crippen LogP contribution in [0, 0.1) is 6.92 Å². The molecule has 5 amide bonds. The van der Waals surface area contributed by atoms with E-state index >= 15 is 0 Å². The van der Waals surface area contributed by atoms with Crippen molar-refractivity contribution >= 4 is 29.6 Å². The summed E-state index contributed by atoms with van der Waals surface area (Å²) in [6.07, 6.45) is 4.85. The van der Waals surface area contributed by atoms with E-state index in [-0.39, 0.29) is 30.4 Å². The molecule has 0 radical (unpaired) electrons. The molecule has 11 heteroatoms. The van der Waals surface area contributed by atoms with Gasteiger partial charge in [-0.3, -0.25) is 9.59 Å². The number of hydrogen-bond donors (Lipinski definition) is 2. The first kappa shape index (κ1) is 23.7. The molecule has 2 saturated heterocycles. The number of benzene rings is 1. The van der Waals surface area contributed by atoms with Crippen LogP contribution in [0.5, 0.6) is 0 Å². The van der Waals surface area contributed by atoms with Crippen molar-refractivity contribution in [2.45, 2.75) is 57.2 Å². The second-order valence-corrected chi connectivity index (χ2v) is 9.52. The highest BCUT2D eigenvalue weighted by Gasteiger charge is 2.58. The smallest absolute Gasteiger partial charge is 0.418 e. The number of likely N-dealkylation sites (tertiary alicyclic amines) is 1. The van der Waals surface area contributed by atoms with Gasteiger partial charge in [-0.1, -0.05) is 6.07 Å². The van der Waals surface area contributed by atoms with Gasteiger partial charge in [0.2, 0.25) is 11.5 Å². The minimum Gasteiger partial charge on any atom is -0.427 e. The lowest BCUT2D eigenvalue weighted by molar-refractivity contribution is -0.143. The predicted molar refractivity (Wildman–Crippen MR) is 128 cm³/mol. The molecular formula is C25H28N6O5. The Labute approximate surface area is 208 Å². The first-order valence-corrected chi connectivity index (χ1v) is 12.0. The van der Waals surface area contributed by atoms with E-state index in [4.69, 9.17) is 4.74 Å². The monoisotopic (exact) mass is 492 g/mol. The Morgan fingerprint density at radius 1 is 1.19 bits per heavy atom. The van der Waals surface area contributed by atoms with Gasteiger partial charge in [0.15, 0.2) is 5.82 Å². The summed E-state index contributed by atoms with van der Waals surface area (Å²) in [5.74, 6) is -0.336. The molecule has 1 aromatic heterocycles. The topological polar surface area (TPSA) is 134 Å². The number of carbonyl (C=O) groups excluding carboxylic acids is 4. The SMILES string of the molecule is CNC(=O)Nc1ccc2c(c1)CC[C@@]21OC(=O)N(CC(=O)N2C(C)CCC2c2ncc(C)cn2)C1=O. The van der Waals surface area contributed by atoms with Crippen molar-refractivity contribution in [3.05, 3.63) is 53.1 Å². The summed E-state index contributed by atoms with van der Waals surface area (Å²) in [5, 5.41) is 5.18. The number of aromatic nitrogens is 2. The molecule has 2 aliphatic heterocycles. The zero-order valence-corrected chi connectivity index (χ0v) is 20.4. The van der Waals surface area contributed by atoms with Gasteiger partial charge in [-0.2, -0.15) is 0 Å². The summed E-state index contributed by atoms with van der Waals surface area (Å²) in [6.45, 7) is 3.43. The van der Waals surface area contributed by atoms with E-state index in [1.54, 1.807) is 35.5 Å². The van der Waals surface area contributed by atoms with E-state index in [0.29, 0.717) is 29.9 Å². The molecule has 0 saturated carbocycles. The highest BCUT2D eigenvalue weighted by Crippen LogP contribution is 2.46. The van der Waals surface area contributed by atoms with Gasteiger partial charge in [0, 0.05) is 43.2 Å². The van der Waals surface area contributed by atoms with Crippen molar-refractivity contribution in [2.75, 3.05) is 18.9 Å². The van der Waals surface area contributed by atoms with E-state index in [2.05, 4.69) is 20.6 Å². The average Bonchev–Trinajstić information content (AvgIpc) is 3.49. The van der Waals surface area contributed by atoms with Crippen LogP contribution in [-0.4, -0.2) is 63.3 Å². The Morgan fingerprint density at radius 3 is 2.67 bits per heavy atom. The lowest BCUT2D eigenvalue weighted by atomic mass is 9.94. The van der Waals surface area contributed by atoms with Crippen LogP contribution in [0.15, 0.2) is 30.6 Å². The largest absolute Gasteiger partial charge is 0.427 e. The van der Waals surface area contributed by atoms with Gasteiger partial charge in [-0.05, 0) is 56.4 Å². The molecule has 3 heterocycles. The van der Waals surface area contributed by atoms with Crippen LogP contribution >= 0.6 is 0 Å². The normalized spacial score (nSPS) is 24.8. The fourth-order valence-corrected chi connectivity index (χ4v) is 5.37. The third-order valence-corrected chi connectivity index (χ3v) is 7.19. The van der Waals surface area contributed by atoms with Gasteiger partial charge in [0.05, 0.1) is 6.04 Å². The molecule has 3 atom stereocenters. The van der Waals surface area contributed by atoms with Crippen molar-refractivity contribution in [3.8, 4) is 0 Å². The zero-order chi connectivity index (χ0) is 25.6. The highest BCUT2D eigenvalue weighted by molar-refractivity contribution is 6.06. The number of imide groups is 1. The lowest BCUT2D eigenvalue weighted by Crippen LogP contribution is -2.46. The molecule has 3 aliphatic rings. The number of nitrogens with zero attached hydrogens (tertiary/aromatic N) is 4. The number of carbonyl (C=O) groups is 4. The third-order valence-electron chi connectivity index (χ3n) is 7.19. The van der Waals surface area contributed by atoms with Crippen LogP contribution in [-0.2, 0) is 26.3 Å². The number of nitrogens with one attached hydrogen (secondary N) is 2. The summed E-state index contributed by atoms with van der Waals surface area (Å²) in [5.41, 5.74) is 1.43. The first-order chi connectivity index (χ1) is 17.2. The number of hydrogen-bond acceptors (Lipinski definition) is 7. The quantitative estimate of drug-likeness (QED) is 0.669. The fourth-order valence-electron chi connectivity index (χ4n) is 5.37. The van der Waals surface area contributed by atoms with Crippen LogP contribution in [0.25, 0.3) is 0 Å². The number of ether oxygens (including phenoxy) is 1. The highest BCUT2D eigenvalue weighted by atomic mass is 16.6. The zero-order valence-electron chi connectivity index (χ0n) is 20.4. The second kappa shape index (κ2) is 8.89. The van der Waals surface area contributed by atoms with Crippen LogP contribution in [0.4, 0.5) is 15.3 Å². The molecule has 2 unspecified atom stereocenters. The Morgan fingerprint density at radius 2 is 1.94 bits per heavy atom. The Kier molecular flexibility index (Phi) is 5.85.